The first-order chi connectivity index (χ1) is 16.3. The van der Waals surface area contributed by atoms with Crippen molar-refractivity contribution in [3.05, 3.63) is 64.7 Å². The van der Waals surface area contributed by atoms with E-state index in [2.05, 4.69) is 0 Å². The maximum atomic E-state index is 13.1. The number of nitrogens with zero attached hydrogens (tertiary/aromatic N) is 1. The summed E-state index contributed by atoms with van der Waals surface area (Å²) in [6, 6.07) is 11.3. The highest BCUT2D eigenvalue weighted by molar-refractivity contribution is 6.46. The smallest absolute Gasteiger partial charge is 0.303 e. The number of aliphatic hydroxyl groups excluding tert-OH is 1. The van der Waals surface area contributed by atoms with Crippen molar-refractivity contribution in [3.63, 3.8) is 0 Å². The van der Waals surface area contributed by atoms with Crippen LogP contribution in [0.25, 0.3) is 5.76 Å². The lowest BCUT2D eigenvalue weighted by Gasteiger charge is -2.26. The van der Waals surface area contributed by atoms with E-state index in [1.54, 1.807) is 30.3 Å². The molecule has 3 rings (SSSR count). The average Bonchev–Trinajstić information content (AvgIpc) is 3.08. The monoisotopic (exact) mass is 467 g/mol. The molecule has 0 aromatic heterocycles. The minimum Gasteiger partial charge on any atom is -0.507 e. The predicted molar refractivity (Wildman–Crippen MR) is 126 cm³/mol. The zero-order chi connectivity index (χ0) is 24.8. The number of benzene rings is 2. The lowest BCUT2D eigenvalue weighted by atomic mass is 9.94. The summed E-state index contributed by atoms with van der Waals surface area (Å²) >= 11 is 0. The van der Waals surface area contributed by atoms with Crippen LogP contribution < -0.4 is 9.47 Å². The van der Waals surface area contributed by atoms with Crippen LogP contribution >= 0.6 is 0 Å². The molecule has 1 saturated heterocycles. The van der Waals surface area contributed by atoms with Crippen LogP contribution in [0.1, 0.15) is 48.4 Å². The normalized spacial score (nSPS) is 17.1. The molecule has 1 unspecified atom stereocenters. The highest BCUT2D eigenvalue weighted by Crippen LogP contribution is 2.42. The van der Waals surface area contributed by atoms with Crippen molar-refractivity contribution < 1.29 is 34.1 Å². The molecule has 1 aliphatic rings. The number of amides is 1. The van der Waals surface area contributed by atoms with E-state index in [9.17, 15) is 19.5 Å². The molecule has 0 bridgehead atoms. The van der Waals surface area contributed by atoms with Crippen molar-refractivity contribution in [2.45, 2.75) is 38.6 Å². The van der Waals surface area contributed by atoms with Gasteiger partial charge in [-0.2, -0.15) is 0 Å². The van der Waals surface area contributed by atoms with Crippen molar-refractivity contribution in [3.8, 4) is 11.5 Å². The summed E-state index contributed by atoms with van der Waals surface area (Å²) < 4.78 is 10.7. The Morgan fingerprint density at radius 2 is 1.62 bits per heavy atom. The van der Waals surface area contributed by atoms with Gasteiger partial charge in [0.25, 0.3) is 11.7 Å². The molecular weight excluding hydrogens is 438 g/mol. The van der Waals surface area contributed by atoms with Crippen LogP contribution in [0.3, 0.4) is 0 Å². The van der Waals surface area contributed by atoms with Gasteiger partial charge in [0, 0.05) is 18.5 Å². The van der Waals surface area contributed by atoms with Gasteiger partial charge in [-0.15, -0.1) is 0 Å². The van der Waals surface area contributed by atoms with E-state index in [0.29, 0.717) is 41.9 Å². The quantitative estimate of drug-likeness (QED) is 0.234. The molecule has 2 aromatic rings. The Morgan fingerprint density at radius 3 is 2.24 bits per heavy atom. The first-order valence-corrected chi connectivity index (χ1v) is 11.1. The van der Waals surface area contributed by atoms with E-state index in [4.69, 9.17) is 14.6 Å². The summed E-state index contributed by atoms with van der Waals surface area (Å²) in [6.45, 7) is 2.16. The molecule has 2 aromatic carbocycles. The molecule has 1 amide bonds. The van der Waals surface area contributed by atoms with Crippen LogP contribution in [0, 0.1) is 6.92 Å². The Hall–Kier alpha value is -3.81. The van der Waals surface area contributed by atoms with Crippen LogP contribution in [-0.2, 0) is 14.4 Å². The van der Waals surface area contributed by atoms with Crippen LogP contribution in [0.4, 0.5) is 0 Å². The van der Waals surface area contributed by atoms with Gasteiger partial charge in [-0.25, -0.2) is 0 Å². The molecule has 180 valence electrons. The third-order valence-corrected chi connectivity index (χ3v) is 5.88. The van der Waals surface area contributed by atoms with Crippen molar-refractivity contribution in [2.24, 2.45) is 0 Å². The molecule has 0 spiro atoms. The fraction of sp³-hybridized carbons (Fsp3) is 0.346. The number of aliphatic hydroxyl groups is 1. The Kier molecular flexibility index (Phi) is 7.94. The van der Waals surface area contributed by atoms with Gasteiger partial charge in [-0.05, 0) is 37.5 Å². The summed E-state index contributed by atoms with van der Waals surface area (Å²) in [5, 5.41) is 19.9. The molecule has 2 N–H and O–H groups in total. The number of rotatable bonds is 10. The number of ketones is 1. The number of Topliss-reactive ketones (excluding diaryl/α,β-unsaturated/α-hetero) is 1. The number of methoxy groups -OCH3 is 2. The van der Waals surface area contributed by atoms with Gasteiger partial charge in [0.2, 0.25) is 0 Å². The third-order valence-electron chi connectivity index (χ3n) is 5.88. The van der Waals surface area contributed by atoms with Crippen molar-refractivity contribution in [1.82, 2.24) is 4.90 Å². The van der Waals surface area contributed by atoms with Crippen LogP contribution in [0.5, 0.6) is 11.5 Å². The number of carbonyl (C=O) groups excluding carboxylic acids is 2. The molecule has 1 fully saturated rings. The van der Waals surface area contributed by atoms with E-state index in [-0.39, 0.29) is 24.3 Å². The molecule has 1 atom stereocenters. The van der Waals surface area contributed by atoms with Crippen LogP contribution in [0.2, 0.25) is 0 Å². The SMILES string of the molecule is COc1ccc(C2C(=C(O)c3ccc(C)cc3)C(=O)C(=O)N2CCCCCC(=O)O)cc1OC. The highest BCUT2D eigenvalue weighted by atomic mass is 16.5. The third kappa shape index (κ3) is 5.22. The average molecular weight is 468 g/mol. The summed E-state index contributed by atoms with van der Waals surface area (Å²) in [5.74, 6) is -1.65. The van der Waals surface area contributed by atoms with Crippen molar-refractivity contribution >= 4 is 23.4 Å². The number of aryl methyl sites for hydroxylation is 1. The van der Waals surface area contributed by atoms with Crippen molar-refractivity contribution in [1.29, 1.82) is 0 Å². The minimum atomic E-state index is -0.871. The van der Waals surface area contributed by atoms with Gasteiger partial charge in [0.1, 0.15) is 5.76 Å². The number of aliphatic carboxylic acids is 1. The number of carboxylic acids is 1. The number of ether oxygens (including phenoxy) is 2. The predicted octanol–water partition coefficient (Wildman–Crippen LogP) is 4.08. The maximum absolute atomic E-state index is 13.1. The second-order valence-corrected chi connectivity index (χ2v) is 8.18. The number of carboxylic acid groups (broad SMARTS) is 1. The minimum absolute atomic E-state index is 0.00612. The number of hydrogen-bond donors (Lipinski definition) is 2. The maximum Gasteiger partial charge on any atom is 0.303 e. The van der Waals surface area contributed by atoms with E-state index in [1.807, 2.05) is 19.1 Å². The van der Waals surface area contributed by atoms with Gasteiger partial charge >= 0.3 is 5.97 Å². The highest BCUT2D eigenvalue weighted by Gasteiger charge is 2.46. The second kappa shape index (κ2) is 10.9. The number of carbonyl (C=O) groups is 3. The first kappa shape index (κ1) is 24.8. The molecular formula is C26H29NO7. The Morgan fingerprint density at radius 1 is 0.941 bits per heavy atom. The molecule has 0 aliphatic carbocycles. The molecule has 0 saturated carbocycles. The standard InChI is InChI=1S/C26H29NO7/c1-16-8-10-17(11-9-16)24(30)22-23(18-12-13-19(33-2)20(15-18)34-3)27(26(32)25(22)31)14-6-4-5-7-21(28)29/h8-13,15,23,30H,4-7,14H2,1-3H3,(H,28,29). The van der Waals surface area contributed by atoms with Gasteiger partial charge in [-0.1, -0.05) is 42.3 Å². The Balaban J connectivity index is 2.04. The molecule has 8 nitrogen and oxygen atoms in total. The molecule has 34 heavy (non-hydrogen) atoms. The van der Waals surface area contributed by atoms with E-state index in [1.165, 1.54) is 19.1 Å². The number of unbranched alkanes of at least 4 members (excludes halogenated alkanes) is 2. The fourth-order valence-electron chi connectivity index (χ4n) is 4.08. The summed E-state index contributed by atoms with van der Waals surface area (Å²) in [7, 11) is 3.01. The molecule has 1 heterocycles. The van der Waals surface area contributed by atoms with Gasteiger partial charge in [0.15, 0.2) is 11.5 Å². The topological polar surface area (TPSA) is 113 Å². The molecule has 0 radical (unpaired) electrons. The largest absolute Gasteiger partial charge is 0.507 e. The zero-order valence-electron chi connectivity index (χ0n) is 19.5. The van der Waals surface area contributed by atoms with Crippen LogP contribution in [0.15, 0.2) is 48.0 Å². The summed E-state index contributed by atoms with van der Waals surface area (Å²) in [5.41, 5.74) is 2.04. The van der Waals surface area contributed by atoms with E-state index in [0.717, 1.165) is 5.56 Å². The zero-order valence-corrected chi connectivity index (χ0v) is 19.5. The van der Waals surface area contributed by atoms with E-state index >= 15 is 0 Å². The second-order valence-electron chi connectivity index (χ2n) is 8.18. The first-order valence-electron chi connectivity index (χ1n) is 11.1. The Labute approximate surface area is 198 Å². The summed E-state index contributed by atoms with van der Waals surface area (Å²) in [6.07, 6.45) is 1.63. The van der Waals surface area contributed by atoms with E-state index < -0.39 is 23.7 Å². The number of likely N-dealkylation sites (tertiary alicyclic amines) is 1. The van der Waals surface area contributed by atoms with Gasteiger partial charge < -0.3 is 24.6 Å². The summed E-state index contributed by atoms with van der Waals surface area (Å²) in [4.78, 5) is 38.3. The number of hydrogen-bond acceptors (Lipinski definition) is 6. The molecule has 1 aliphatic heterocycles. The van der Waals surface area contributed by atoms with Gasteiger partial charge in [-0.3, -0.25) is 14.4 Å². The molecule has 8 heteroatoms. The lowest BCUT2D eigenvalue weighted by Crippen LogP contribution is -2.30. The lowest BCUT2D eigenvalue weighted by molar-refractivity contribution is -0.140. The Bertz CT molecular complexity index is 1100. The van der Waals surface area contributed by atoms with Crippen molar-refractivity contribution in [2.75, 3.05) is 20.8 Å². The fourth-order valence-corrected chi connectivity index (χ4v) is 4.08. The van der Waals surface area contributed by atoms with Gasteiger partial charge in [0.05, 0.1) is 25.8 Å². The van der Waals surface area contributed by atoms with Crippen LogP contribution in [-0.4, -0.2) is 53.5 Å².